The van der Waals surface area contributed by atoms with E-state index in [0.29, 0.717) is 6.61 Å². The molecule has 0 bridgehead atoms. The maximum atomic E-state index is 6.26. The van der Waals surface area contributed by atoms with E-state index in [1.54, 1.807) is 14.2 Å². The lowest BCUT2D eigenvalue weighted by molar-refractivity contribution is 0.0835. The molecule has 222 valence electrons. The lowest BCUT2D eigenvalue weighted by Crippen LogP contribution is -2.27. The van der Waals surface area contributed by atoms with Crippen molar-refractivity contribution < 1.29 is 18.9 Å². The Balaban J connectivity index is 1.79. The Labute approximate surface area is 240 Å². The molecular weight excluding hydrogens is 484 g/mol. The van der Waals surface area contributed by atoms with Crippen LogP contribution in [0.3, 0.4) is 0 Å². The van der Waals surface area contributed by atoms with Gasteiger partial charge in [0.1, 0.15) is 22.8 Å². The Morgan fingerprint density at radius 3 is 2.10 bits per heavy atom. The number of methoxy groups -OCH3 is 2. The maximum Gasteiger partial charge on any atom is 0.139 e. The first-order valence-corrected chi connectivity index (χ1v) is 15.4. The fraction of sp³-hybridized carbons (Fsp3) is 0.714. The first kappa shape index (κ1) is 33.3. The fourth-order valence-electron chi connectivity index (χ4n) is 5.49. The molecule has 0 radical (unpaired) electrons. The zero-order valence-electron chi connectivity index (χ0n) is 26.8. The molecule has 4 heteroatoms. The van der Waals surface area contributed by atoms with Gasteiger partial charge in [-0.25, -0.2) is 0 Å². The van der Waals surface area contributed by atoms with Crippen LogP contribution < -0.4 is 14.2 Å². The lowest BCUT2D eigenvalue weighted by Gasteiger charge is -2.30. The number of rotatable bonds is 18. The van der Waals surface area contributed by atoms with Gasteiger partial charge in [-0.3, -0.25) is 0 Å². The summed E-state index contributed by atoms with van der Waals surface area (Å²) < 4.78 is 24.0. The van der Waals surface area contributed by atoms with Crippen LogP contribution in [0, 0.1) is 17.8 Å². The van der Waals surface area contributed by atoms with Crippen molar-refractivity contribution in [3.05, 3.63) is 34.9 Å². The maximum absolute atomic E-state index is 6.26. The molecule has 0 saturated heterocycles. The average Bonchev–Trinajstić information content (AvgIpc) is 2.86. The van der Waals surface area contributed by atoms with Gasteiger partial charge in [-0.05, 0) is 70.4 Å². The van der Waals surface area contributed by atoms with Crippen molar-refractivity contribution >= 4 is 6.08 Å². The third-order valence-electron chi connectivity index (χ3n) is 8.06. The van der Waals surface area contributed by atoms with Crippen LogP contribution in [0.2, 0.25) is 0 Å². The van der Waals surface area contributed by atoms with Crippen molar-refractivity contribution in [2.75, 3.05) is 20.8 Å². The molecule has 39 heavy (non-hydrogen) atoms. The highest BCUT2D eigenvalue weighted by Gasteiger charge is 2.29. The minimum absolute atomic E-state index is 0.180. The van der Waals surface area contributed by atoms with E-state index in [0.717, 1.165) is 52.5 Å². The number of hydrogen-bond acceptors (Lipinski definition) is 4. The van der Waals surface area contributed by atoms with Crippen molar-refractivity contribution in [3.63, 3.8) is 0 Å². The van der Waals surface area contributed by atoms with E-state index >= 15 is 0 Å². The van der Waals surface area contributed by atoms with E-state index < -0.39 is 0 Å². The fourth-order valence-corrected chi connectivity index (χ4v) is 5.49. The third kappa shape index (κ3) is 11.2. The second-order valence-electron chi connectivity index (χ2n) is 12.9. The molecule has 3 atom stereocenters. The van der Waals surface area contributed by atoms with Gasteiger partial charge in [0.05, 0.1) is 38.1 Å². The number of hydrogen-bond donors (Lipinski definition) is 0. The number of ether oxygens (including phenoxy) is 4. The van der Waals surface area contributed by atoms with Gasteiger partial charge in [-0.2, -0.15) is 0 Å². The molecule has 0 saturated carbocycles. The molecule has 1 aromatic rings. The van der Waals surface area contributed by atoms with E-state index in [1.165, 1.54) is 56.9 Å². The van der Waals surface area contributed by atoms with E-state index in [-0.39, 0.29) is 11.7 Å². The first-order chi connectivity index (χ1) is 18.5. The van der Waals surface area contributed by atoms with Crippen LogP contribution in [0.15, 0.2) is 23.8 Å². The molecule has 1 aliphatic heterocycles. The Hall–Kier alpha value is -1.94. The van der Waals surface area contributed by atoms with Gasteiger partial charge >= 0.3 is 0 Å². The first-order valence-electron chi connectivity index (χ1n) is 15.4. The summed E-state index contributed by atoms with van der Waals surface area (Å²) >= 11 is 0. The average molecular weight is 543 g/mol. The van der Waals surface area contributed by atoms with Crippen LogP contribution in [0.5, 0.6) is 17.2 Å². The van der Waals surface area contributed by atoms with Gasteiger partial charge in [-0.1, -0.05) is 84.3 Å². The molecule has 0 spiro atoms. The second-order valence-corrected chi connectivity index (χ2v) is 12.9. The van der Waals surface area contributed by atoms with Crippen LogP contribution in [0.1, 0.15) is 130 Å². The zero-order valence-corrected chi connectivity index (χ0v) is 26.8. The van der Waals surface area contributed by atoms with Gasteiger partial charge in [0.15, 0.2) is 0 Å². The van der Waals surface area contributed by atoms with Crippen LogP contribution in [-0.4, -0.2) is 26.4 Å². The molecule has 1 aliphatic rings. The molecule has 0 N–H and O–H groups in total. The molecule has 0 aliphatic carbocycles. The van der Waals surface area contributed by atoms with Gasteiger partial charge < -0.3 is 18.9 Å². The molecule has 0 unspecified atom stereocenters. The monoisotopic (exact) mass is 542 g/mol. The number of fused-ring (bicyclic) bond motifs is 1. The molecular formula is C35H58O4. The van der Waals surface area contributed by atoms with Crippen molar-refractivity contribution in [3.8, 4) is 17.2 Å². The highest BCUT2D eigenvalue weighted by molar-refractivity contribution is 5.72. The Morgan fingerprint density at radius 1 is 0.897 bits per heavy atom. The summed E-state index contributed by atoms with van der Waals surface area (Å²) in [6, 6.07) is 1.95. The molecule has 0 fully saturated rings. The normalized spacial score (nSPS) is 16.9. The van der Waals surface area contributed by atoms with E-state index in [1.807, 2.05) is 19.9 Å². The van der Waals surface area contributed by atoms with Crippen molar-refractivity contribution in [1.29, 1.82) is 0 Å². The molecule has 4 nitrogen and oxygen atoms in total. The quantitative estimate of drug-likeness (QED) is 0.173. The smallest absolute Gasteiger partial charge is 0.139 e. The zero-order chi connectivity index (χ0) is 29.0. The minimum atomic E-state index is -0.363. The Kier molecular flexibility index (Phi) is 14.0. The van der Waals surface area contributed by atoms with Crippen LogP contribution in [-0.2, 0) is 4.74 Å². The third-order valence-corrected chi connectivity index (χ3v) is 8.06. The number of benzene rings is 1. The summed E-state index contributed by atoms with van der Waals surface area (Å²) in [5.74, 6) is 4.78. The van der Waals surface area contributed by atoms with Crippen LogP contribution in [0.4, 0.5) is 0 Å². The van der Waals surface area contributed by atoms with Gasteiger partial charge in [-0.15, -0.1) is 0 Å². The largest absolute Gasteiger partial charge is 0.496 e. The molecule has 0 aromatic heterocycles. The van der Waals surface area contributed by atoms with E-state index in [2.05, 4.69) is 59.8 Å². The predicted molar refractivity (Wildman–Crippen MR) is 166 cm³/mol. The highest BCUT2D eigenvalue weighted by Crippen LogP contribution is 2.46. The number of allylic oxidation sites excluding steroid dienone is 1. The molecule has 2 rings (SSSR count). The second kappa shape index (κ2) is 16.4. The molecule has 1 aromatic carbocycles. The topological polar surface area (TPSA) is 36.9 Å². The Bertz CT molecular complexity index is 927. The van der Waals surface area contributed by atoms with Crippen LogP contribution in [0.25, 0.3) is 6.08 Å². The highest BCUT2D eigenvalue weighted by atomic mass is 16.5. The summed E-state index contributed by atoms with van der Waals surface area (Å²) in [4.78, 5) is 0. The summed E-state index contributed by atoms with van der Waals surface area (Å²) in [6.45, 7) is 18.4. The van der Waals surface area contributed by atoms with Crippen LogP contribution >= 0.6 is 0 Å². The SMILES string of the molecule is COc1cc2c(c(OC)c1[C@@H](C)OCC=C(C)CCC[C@H](C)CCC[C@H](C)CCCC(C)C)C=CC(C)(C)O2. The molecule has 1 heterocycles. The Morgan fingerprint density at radius 2 is 1.51 bits per heavy atom. The summed E-state index contributed by atoms with van der Waals surface area (Å²) in [7, 11) is 3.37. The van der Waals surface area contributed by atoms with Crippen molar-refractivity contribution in [2.24, 2.45) is 17.8 Å². The van der Waals surface area contributed by atoms with E-state index in [4.69, 9.17) is 18.9 Å². The van der Waals surface area contributed by atoms with Gasteiger partial charge in [0, 0.05) is 6.07 Å². The summed E-state index contributed by atoms with van der Waals surface area (Å²) in [5.41, 5.74) is 2.89. The molecule has 0 amide bonds. The lowest BCUT2D eigenvalue weighted by atomic mass is 9.91. The predicted octanol–water partition coefficient (Wildman–Crippen LogP) is 10.4. The summed E-state index contributed by atoms with van der Waals surface area (Å²) in [6.07, 6.45) is 18.2. The van der Waals surface area contributed by atoms with E-state index in [9.17, 15) is 0 Å². The van der Waals surface area contributed by atoms with Crippen molar-refractivity contribution in [2.45, 2.75) is 125 Å². The summed E-state index contributed by atoms with van der Waals surface area (Å²) in [5, 5.41) is 0. The van der Waals surface area contributed by atoms with Crippen molar-refractivity contribution in [1.82, 2.24) is 0 Å². The minimum Gasteiger partial charge on any atom is -0.496 e. The van der Waals surface area contributed by atoms with Gasteiger partial charge in [0.25, 0.3) is 0 Å². The van der Waals surface area contributed by atoms with Gasteiger partial charge in [0.2, 0.25) is 0 Å². The standard InChI is InChI=1S/C35H58O4/c1-25(2)14-11-15-26(3)16-12-17-27(4)18-13-19-28(5)21-23-38-29(6)33-32(36-9)24-31-30(34(33)37-10)20-22-35(7,8)39-31/h20-22,24-27,29H,11-19,23H2,1-10H3/t26-,27-,29-/m1/s1.